The number of hydrogen-bond donors (Lipinski definition) is 1. The van der Waals surface area contributed by atoms with E-state index >= 15 is 0 Å². The van der Waals surface area contributed by atoms with Crippen LogP contribution in [0, 0.1) is 5.92 Å². The highest BCUT2D eigenvalue weighted by Crippen LogP contribution is 2.53. The van der Waals surface area contributed by atoms with E-state index in [0.717, 1.165) is 37.0 Å². The number of fused-ring (bicyclic) bond motifs is 3. The van der Waals surface area contributed by atoms with Gasteiger partial charge in [0.2, 0.25) is 0 Å². The van der Waals surface area contributed by atoms with Crippen LogP contribution in [0.3, 0.4) is 0 Å². The van der Waals surface area contributed by atoms with Crippen LogP contribution in [-0.4, -0.2) is 18.1 Å². The molecule has 1 aromatic rings. The number of carbonyl (C=O) groups excluding carboxylic acids is 1. The van der Waals surface area contributed by atoms with E-state index in [2.05, 4.69) is 45.9 Å². The number of carbonyl (C=O) groups is 1. The first kappa shape index (κ1) is 20.9. The Labute approximate surface area is 169 Å². The Hall–Kier alpha value is -1.81. The molecule has 0 bridgehead atoms. The molecule has 154 valence electrons. The molecule has 4 nitrogen and oxygen atoms in total. The Kier molecular flexibility index (Phi) is 6.49. The van der Waals surface area contributed by atoms with Gasteiger partial charge >= 0.3 is 5.97 Å². The van der Waals surface area contributed by atoms with Gasteiger partial charge in [-0.2, -0.15) is 0 Å². The van der Waals surface area contributed by atoms with Crippen molar-refractivity contribution in [2.75, 3.05) is 6.54 Å². The van der Waals surface area contributed by atoms with E-state index in [1.54, 1.807) is 0 Å². The first-order chi connectivity index (χ1) is 13.4. The first-order valence-electron chi connectivity index (χ1n) is 10.8. The van der Waals surface area contributed by atoms with Crippen molar-refractivity contribution in [1.29, 1.82) is 0 Å². The van der Waals surface area contributed by atoms with Gasteiger partial charge in [0, 0.05) is 23.9 Å². The molecule has 0 amide bonds. The quantitative estimate of drug-likeness (QED) is 0.300. The van der Waals surface area contributed by atoms with Crippen molar-refractivity contribution < 1.29 is 14.3 Å². The fourth-order valence-corrected chi connectivity index (χ4v) is 4.66. The van der Waals surface area contributed by atoms with Gasteiger partial charge in [-0.3, -0.25) is 4.79 Å². The second-order valence-electron chi connectivity index (χ2n) is 8.87. The Bertz CT molecular complexity index is 750. The maximum Gasteiger partial charge on any atom is 0.312 e. The minimum atomic E-state index is -0.270. The zero-order chi connectivity index (χ0) is 20.3. The Morgan fingerprint density at radius 3 is 2.82 bits per heavy atom. The maximum atomic E-state index is 12.3. The number of rotatable bonds is 7. The van der Waals surface area contributed by atoms with Gasteiger partial charge in [0.1, 0.15) is 17.1 Å². The van der Waals surface area contributed by atoms with Crippen LogP contribution in [-0.2, 0) is 11.2 Å². The van der Waals surface area contributed by atoms with Gasteiger partial charge < -0.3 is 15.2 Å². The topological polar surface area (TPSA) is 61.5 Å². The number of unbranched alkanes of at least 4 members (excludes halogenated alkanes) is 2. The van der Waals surface area contributed by atoms with Crippen molar-refractivity contribution in [3.8, 4) is 11.5 Å². The number of ether oxygens (including phenoxy) is 2. The fraction of sp³-hybridized carbons (Fsp3) is 0.625. The molecule has 0 saturated heterocycles. The van der Waals surface area contributed by atoms with Crippen LogP contribution in [0.25, 0.3) is 0 Å². The van der Waals surface area contributed by atoms with Crippen molar-refractivity contribution >= 4 is 5.97 Å². The number of esters is 1. The first-order valence-corrected chi connectivity index (χ1v) is 10.8. The van der Waals surface area contributed by atoms with E-state index in [4.69, 9.17) is 15.2 Å². The van der Waals surface area contributed by atoms with Gasteiger partial charge in [-0.1, -0.05) is 31.4 Å². The maximum absolute atomic E-state index is 12.3. The lowest BCUT2D eigenvalue weighted by Crippen LogP contribution is -2.45. The van der Waals surface area contributed by atoms with Crippen LogP contribution in [0.1, 0.15) is 83.3 Å². The molecular weight excluding hydrogens is 350 g/mol. The second-order valence-corrected chi connectivity index (χ2v) is 8.87. The molecule has 0 aromatic heterocycles. The second kappa shape index (κ2) is 8.69. The number of aryl methyl sites for hydroxylation is 1. The molecule has 1 heterocycles. The summed E-state index contributed by atoms with van der Waals surface area (Å²) in [6, 6.07) is 4.22. The highest BCUT2D eigenvalue weighted by molar-refractivity contribution is 5.74. The minimum Gasteiger partial charge on any atom is -0.487 e. The van der Waals surface area contributed by atoms with Crippen molar-refractivity contribution in [1.82, 2.24) is 0 Å². The summed E-state index contributed by atoms with van der Waals surface area (Å²) in [6.07, 6.45) is 9.24. The molecule has 3 rings (SSSR count). The summed E-state index contributed by atoms with van der Waals surface area (Å²) in [6.45, 7) is 9.07. The van der Waals surface area contributed by atoms with E-state index in [1.807, 2.05) is 0 Å². The van der Waals surface area contributed by atoms with Gasteiger partial charge in [-0.15, -0.1) is 0 Å². The SMILES string of the molecule is CCCCCc1cc(OC(=O)CCN)c2c(c1)OC(C)(C)C1CCC(C)=CC21. The average molecular weight is 386 g/mol. The minimum absolute atomic E-state index is 0.220. The smallest absolute Gasteiger partial charge is 0.312 e. The highest BCUT2D eigenvalue weighted by Gasteiger charge is 2.45. The van der Waals surface area contributed by atoms with E-state index < -0.39 is 0 Å². The third-order valence-corrected chi connectivity index (χ3v) is 6.15. The van der Waals surface area contributed by atoms with Crippen LogP contribution < -0.4 is 15.2 Å². The highest BCUT2D eigenvalue weighted by atomic mass is 16.5. The van der Waals surface area contributed by atoms with E-state index in [9.17, 15) is 4.79 Å². The normalized spacial score (nSPS) is 22.5. The molecule has 2 atom stereocenters. The van der Waals surface area contributed by atoms with E-state index in [0.29, 0.717) is 18.2 Å². The summed E-state index contributed by atoms with van der Waals surface area (Å²) >= 11 is 0. The molecule has 0 saturated carbocycles. The van der Waals surface area contributed by atoms with Crippen molar-refractivity contribution in [2.45, 2.75) is 84.2 Å². The lowest BCUT2D eigenvalue weighted by Gasteiger charge is -2.46. The Morgan fingerprint density at radius 2 is 2.11 bits per heavy atom. The molecule has 2 aliphatic rings. The zero-order valence-electron chi connectivity index (χ0n) is 17.8. The summed E-state index contributed by atoms with van der Waals surface area (Å²) < 4.78 is 12.3. The van der Waals surface area contributed by atoms with Crippen LogP contribution in [0.15, 0.2) is 23.8 Å². The van der Waals surface area contributed by atoms with Gasteiger partial charge in [0.05, 0.1) is 6.42 Å². The standard InChI is InChI=1S/C24H35NO3/c1-5-6-7-8-17-14-20(27-22(26)11-12-25)23-18-13-16(2)9-10-19(18)24(3,4)28-21(23)15-17/h13-15,18-19H,5-12,25H2,1-4H3. The molecule has 2 N–H and O–H groups in total. The molecule has 1 aliphatic heterocycles. The van der Waals surface area contributed by atoms with E-state index in [1.165, 1.54) is 24.0 Å². The summed E-state index contributed by atoms with van der Waals surface area (Å²) in [5.74, 6) is 1.87. The summed E-state index contributed by atoms with van der Waals surface area (Å²) in [7, 11) is 0. The third-order valence-electron chi connectivity index (χ3n) is 6.15. The molecule has 2 unspecified atom stereocenters. The monoisotopic (exact) mass is 385 g/mol. The van der Waals surface area contributed by atoms with Gasteiger partial charge in [0.25, 0.3) is 0 Å². The van der Waals surface area contributed by atoms with Gasteiger partial charge in [0.15, 0.2) is 0 Å². The third kappa shape index (κ3) is 4.43. The average Bonchev–Trinajstić information content (AvgIpc) is 2.61. The summed E-state index contributed by atoms with van der Waals surface area (Å²) in [4.78, 5) is 12.3. The number of allylic oxidation sites excluding steroid dienone is 2. The number of hydrogen-bond acceptors (Lipinski definition) is 4. The van der Waals surface area contributed by atoms with E-state index in [-0.39, 0.29) is 23.9 Å². The molecule has 1 aromatic carbocycles. The predicted octanol–water partition coefficient (Wildman–Crippen LogP) is 5.28. The molecule has 0 spiro atoms. The molecule has 4 heteroatoms. The molecular formula is C24H35NO3. The Balaban J connectivity index is 2.05. The zero-order valence-corrected chi connectivity index (χ0v) is 17.8. The number of benzene rings is 1. The molecule has 28 heavy (non-hydrogen) atoms. The number of nitrogens with two attached hydrogens (primary N) is 1. The lowest BCUT2D eigenvalue weighted by molar-refractivity contribution is -0.134. The molecule has 0 fully saturated rings. The largest absolute Gasteiger partial charge is 0.487 e. The summed E-state index contributed by atoms with van der Waals surface area (Å²) in [5, 5.41) is 0. The van der Waals surface area contributed by atoms with Crippen LogP contribution in [0.5, 0.6) is 11.5 Å². The van der Waals surface area contributed by atoms with Crippen molar-refractivity contribution in [3.05, 3.63) is 34.9 Å². The van der Waals surface area contributed by atoms with Crippen LogP contribution in [0.4, 0.5) is 0 Å². The van der Waals surface area contributed by atoms with Crippen LogP contribution >= 0.6 is 0 Å². The predicted molar refractivity (Wildman–Crippen MR) is 113 cm³/mol. The van der Waals surface area contributed by atoms with Gasteiger partial charge in [-0.05, 0) is 64.2 Å². The van der Waals surface area contributed by atoms with Gasteiger partial charge in [-0.25, -0.2) is 0 Å². The molecule has 1 aliphatic carbocycles. The van der Waals surface area contributed by atoms with Crippen LogP contribution in [0.2, 0.25) is 0 Å². The fourth-order valence-electron chi connectivity index (χ4n) is 4.66. The lowest BCUT2D eigenvalue weighted by atomic mass is 9.68. The molecule has 0 radical (unpaired) electrons. The van der Waals surface area contributed by atoms with Crippen molar-refractivity contribution in [2.24, 2.45) is 11.7 Å². The summed E-state index contributed by atoms with van der Waals surface area (Å²) in [5.41, 5.74) is 8.93. The Morgan fingerprint density at radius 1 is 1.32 bits per heavy atom. The van der Waals surface area contributed by atoms with Crippen molar-refractivity contribution in [3.63, 3.8) is 0 Å².